The first-order valence-electron chi connectivity index (χ1n) is 7.51. The molecule has 1 aliphatic rings. The second-order valence-corrected chi connectivity index (χ2v) is 6.32. The van der Waals surface area contributed by atoms with Gasteiger partial charge in [0.05, 0.1) is 11.8 Å². The molecule has 0 saturated carbocycles. The van der Waals surface area contributed by atoms with Crippen molar-refractivity contribution in [1.29, 1.82) is 5.26 Å². The zero-order valence-electron chi connectivity index (χ0n) is 12.3. The van der Waals surface area contributed by atoms with E-state index < -0.39 is 0 Å². The van der Waals surface area contributed by atoms with E-state index in [1.807, 2.05) is 11.4 Å². The van der Waals surface area contributed by atoms with Crippen LogP contribution in [0.4, 0.5) is 5.13 Å². The largest absolute Gasteiger partial charge is 0.301 e. The molecular weight excluding hydrogens is 294 g/mol. The van der Waals surface area contributed by atoms with Gasteiger partial charge in [-0.25, -0.2) is 4.98 Å². The summed E-state index contributed by atoms with van der Waals surface area (Å²) in [5, 5.41) is 13.6. The molecule has 1 aliphatic carbocycles. The van der Waals surface area contributed by atoms with Crippen molar-refractivity contribution in [1.82, 2.24) is 4.98 Å². The van der Waals surface area contributed by atoms with Gasteiger partial charge in [-0.1, -0.05) is 18.6 Å². The highest BCUT2D eigenvalue weighted by molar-refractivity contribution is 7.14. The topological polar surface area (TPSA) is 65.8 Å². The van der Waals surface area contributed by atoms with Crippen molar-refractivity contribution in [2.24, 2.45) is 0 Å². The molecule has 1 aromatic heterocycles. The Labute approximate surface area is 133 Å². The summed E-state index contributed by atoms with van der Waals surface area (Å²) in [4.78, 5) is 15.9. The molecule has 5 heteroatoms. The van der Waals surface area contributed by atoms with Crippen LogP contribution >= 0.6 is 11.3 Å². The van der Waals surface area contributed by atoms with E-state index in [4.69, 9.17) is 5.26 Å². The lowest BCUT2D eigenvalue weighted by molar-refractivity contribution is -0.115. The highest BCUT2D eigenvalue weighted by atomic mass is 32.1. The molecule has 0 bridgehead atoms. The van der Waals surface area contributed by atoms with E-state index >= 15 is 0 Å². The van der Waals surface area contributed by atoms with Gasteiger partial charge in [0.25, 0.3) is 0 Å². The van der Waals surface area contributed by atoms with Crippen LogP contribution in [0.2, 0.25) is 0 Å². The molecule has 1 heterocycles. The number of hydrogen-bond donors (Lipinski definition) is 1. The minimum Gasteiger partial charge on any atom is -0.301 e. The first kappa shape index (κ1) is 14.7. The van der Waals surface area contributed by atoms with Crippen molar-refractivity contribution < 1.29 is 4.79 Å². The molecule has 1 N–H and O–H groups in total. The summed E-state index contributed by atoms with van der Waals surface area (Å²) < 4.78 is 0. The van der Waals surface area contributed by atoms with Crippen molar-refractivity contribution in [3.8, 4) is 17.3 Å². The lowest BCUT2D eigenvalue weighted by atomic mass is 9.99. The lowest BCUT2D eigenvalue weighted by Crippen LogP contribution is -2.09. The Hall–Kier alpha value is -2.19. The Balaban J connectivity index is 1.80. The SMILES string of the molecule is N#CCC(=O)Nc1nc(-c2ccc3c(c2)CCCCC3)cs1. The van der Waals surface area contributed by atoms with Crippen LogP contribution in [-0.4, -0.2) is 10.9 Å². The van der Waals surface area contributed by atoms with E-state index in [9.17, 15) is 4.79 Å². The predicted molar refractivity (Wildman–Crippen MR) is 87.7 cm³/mol. The number of thiazole rings is 1. The van der Waals surface area contributed by atoms with Crippen molar-refractivity contribution in [3.63, 3.8) is 0 Å². The monoisotopic (exact) mass is 311 g/mol. The molecule has 4 nitrogen and oxygen atoms in total. The van der Waals surface area contributed by atoms with Crippen LogP contribution in [0.25, 0.3) is 11.3 Å². The van der Waals surface area contributed by atoms with Crippen molar-refractivity contribution >= 4 is 22.4 Å². The number of benzene rings is 1. The summed E-state index contributed by atoms with van der Waals surface area (Å²) in [5.74, 6) is -0.315. The maximum Gasteiger partial charge on any atom is 0.240 e. The molecule has 0 aliphatic heterocycles. The van der Waals surface area contributed by atoms with Crippen LogP contribution in [0.3, 0.4) is 0 Å². The maximum atomic E-state index is 11.4. The Bertz CT molecular complexity index is 730. The van der Waals surface area contributed by atoms with Crippen molar-refractivity contribution in [2.75, 3.05) is 5.32 Å². The van der Waals surface area contributed by atoms with E-state index in [-0.39, 0.29) is 12.3 Å². The third-order valence-electron chi connectivity index (χ3n) is 3.88. The van der Waals surface area contributed by atoms with Crippen LogP contribution in [0.5, 0.6) is 0 Å². The molecule has 0 unspecified atom stereocenters. The Kier molecular flexibility index (Phi) is 4.50. The molecule has 1 aromatic carbocycles. The van der Waals surface area contributed by atoms with Gasteiger partial charge >= 0.3 is 0 Å². The number of aromatic nitrogens is 1. The number of nitrogens with zero attached hydrogens (tertiary/aromatic N) is 2. The maximum absolute atomic E-state index is 11.4. The number of carbonyl (C=O) groups excluding carboxylic acids is 1. The molecule has 1 amide bonds. The number of anilines is 1. The highest BCUT2D eigenvalue weighted by Crippen LogP contribution is 2.29. The lowest BCUT2D eigenvalue weighted by Gasteiger charge is -2.07. The second kappa shape index (κ2) is 6.71. The zero-order chi connectivity index (χ0) is 15.4. The van der Waals surface area contributed by atoms with Gasteiger partial charge in [0.1, 0.15) is 6.42 Å². The minimum atomic E-state index is -0.315. The number of fused-ring (bicyclic) bond motifs is 1. The summed E-state index contributed by atoms with van der Waals surface area (Å²) >= 11 is 1.39. The molecule has 0 radical (unpaired) electrons. The molecular formula is C17H17N3OS. The highest BCUT2D eigenvalue weighted by Gasteiger charge is 2.12. The summed E-state index contributed by atoms with van der Waals surface area (Å²) in [6, 6.07) is 8.39. The normalized spacial score (nSPS) is 13.8. The molecule has 22 heavy (non-hydrogen) atoms. The third kappa shape index (κ3) is 3.34. The molecule has 0 atom stereocenters. The number of nitrogens with one attached hydrogen (secondary N) is 1. The molecule has 0 fully saturated rings. The predicted octanol–water partition coefficient (Wildman–Crippen LogP) is 3.93. The second-order valence-electron chi connectivity index (χ2n) is 5.47. The smallest absolute Gasteiger partial charge is 0.240 e. The average molecular weight is 311 g/mol. The number of rotatable bonds is 3. The fourth-order valence-electron chi connectivity index (χ4n) is 2.77. The van der Waals surface area contributed by atoms with Gasteiger partial charge in [-0.05, 0) is 42.9 Å². The average Bonchev–Trinajstić information content (AvgIpc) is 2.83. The van der Waals surface area contributed by atoms with Crippen molar-refractivity contribution in [2.45, 2.75) is 38.5 Å². The molecule has 3 rings (SSSR count). The van der Waals surface area contributed by atoms with Crippen LogP contribution in [0.1, 0.15) is 36.8 Å². The fourth-order valence-corrected chi connectivity index (χ4v) is 3.50. The summed E-state index contributed by atoms with van der Waals surface area (Å²) in [6.45, 7) is 0. The molecule has 112 valence electrons. The summed E-state index contributed by atoms with van der Waals surface area (Å²) in [6.07, 6.45) is 5.99. The quantitative estimate of drug-likeness (QED) is 0.873. The number of amides is 1. The van der Waals surface area contributed by atoms with Crippen LogP contribution < -0.4 is 5.32 Å². The third-order valence-corrected chi connectivity index (χ3v) is 4.64. The standard InChI is InChI=1S/C17H17N3OS/c18-9-8-16(21)20-17-19-15(11-22-17)14-7-6-12-4-2-1-3-5-13(12)10-14/h6-7,10-11H,1-5,8H2,(H,19,20,21). The summed E-state index contributed by atoms with van der Waals surface area (Å²) in [5.41, 5.74) is 4.86. The van der Waals surface area contributed by atoms with E-state index in [0.29, 0.717) is 5.13 Å². The molecule has 0 saturated heterocycles. The van der Waals surface area contributed by atoms with Gasteiger partial charge in [-0.15, -0.1) is 11.3 Å². The van der Waals surface area contributed by atoms with Gasteiger partial charge < -0.3 is 5.32 Å². The van der Waals surface area contributed by atoms with Gasteiger partial charge in [0.15, 0.2) is 5.13 Å². The zero-order valence-corrected chi connectivity index (χ0v) is 13.1. The van der Waals surface area contributed by atoms with Gasteiger partial charge in [-0.3, -0.25) is 4.79 Å². The van der Waals surface area contributed by atoms with Crippen LogP contribution in [0, 0.1) is 11.3 Å². The Morgan fingerprint density at radius 3 is 2.91 bits per heavy atom. The van der Waals surface area contributed by atoms with Gasteiger partial charge in [0, 0.05) is 10.9 Å². The van der Waals surface area contributed by atoms with Crippen LogP contribution in [-0.2, 0) is 17.6 Å². The van der Waals surface area contributed by atoms with E-state index in [1.165, 1.54) is 48.1 Å². The molecule has 0 spiro atoms. The number of aryl methyl sites for hydroxylation is 2. The van der Waals surface area contributed by atoms with Gasteiger partial charge in [0.2, 0.25) is 5.91 Å². The fraction of sp³-hybridized carbons (Fsp3) is 0.353. The number of nitriles is 1. The first-order valence-corrected chi connectivity index (χ1v) is 8.39. The van der Waals surface area contributed by atoms with Gasteiger partial charge in [-0.2, -0.15) is 5.26 Å². The molecule has 2 aromatic rings. The van der Waals surface area contributed by atoms with E-state index in [0.717, 1.165) is 17.7 Å². The Morgan fingerprint density at radius 2 is 2.09 bits per heavy atom. The number of carbonyl (C=O) groups is 1. The van der Waals surface area contributed by atoms with E-state index in [1.54, 1.807) is 0 Å². The number of hydrogen-bond acceptors (Lipinski definition) is 4. The minimum absolute atomic E-state index is 0.145. The first-order chi connectivity index (χ1) is 10.8. The van der Waals surface area contributed by atoms with Crippen molar-refractivity contribution in [3.05, 3.63) is 34.7 Å². The van der Waals surface area contributed by atoms with Crippen LogP contribution in [0.15, 0.2) is 23.6 Å². The summed E-state index contributed by atoms with van der Waals surface area (Å²) in [7, 11) is 0. The Morgan fingerprint density at radius 1 is 1.27 bits per heavy atom. The van der Waals surface area contributed by atoms with E-state index in [2.05, 4.69) is 28.5 Å².